The maximum atomic E-state index is 5.69. The fourth-order valence-corrected chi connectivity index (χ4v) is 1.55. The van der Waals surface area contributed by atoms with Crippen LogP contribution in [0, 0.1) is 0 Å². The molecule has 1 aromatic rings. The number of rotatable bonds is 7. The Bertz CT molecular complexity index is 316. The molecule has 16 heavy (non-hydrogen) atoms. The third-order valence-electron chi connectivity index (χ3n) is 2.16. The number of ether oxygens (including phenoxy) is 2. The van der Waals surface area contributed by atoms with Crippen molar-refractivity contribution in [2.75, 3.05) is 20.3 Å². The molecule has 4 heteroatoms. The molecule has 0 aromatic heterocycles. The Balaban J connectivity index is 2.60. The minimum Gasteiger partial charge on any atom is -0.393 e. The van der Waals surface area contributed by atoms with Crippen molar-refractivity contribution < 1.29 is 9.47 Å². The number of methoxy groups -OCH3 is 1. The summed E-state index contributed by atoms with van der Waals surface area (Å²) in [5, 5.41) is 0. The quantitative estimate of drug-likeness (QED) is 0.584. The molecule has 0 fully saturated rings. The SMILES string of the molecule is COCCOC(CC(N)=S)c1ccccc1. The van der Waals surface area contributed by atoms with E-state index in [0.29, 0.717) is 24.6 Å². The van der Waals surface area contributed by atoms with Crippen LogP contribution in [-0.4, -0.2) is 25.3 Å². The molecule has 0 radical (unpaired) electrons. The molecule has 88 valence electrons. The Morgan fingerprint density at radius 3 is 2.56 bits per heavy atom. The summed E-state index contributed by atoms with van der Waals surface area (Å²) >= 11 is 4.92. The highest BCUT2D eigenvalue weighted by Crippen LogP contribution is 2.20. The normalized spacial score (nSPS) is 12.3. The second-order valence-corrected chi connectivity index (χ2v) is 3.96. The summed E-state index contributed by atoms with van der Waals surface area (Å²) in [5.41, 5.74) is 6.64. The zero-order valence-electron chi connectivity index (χ0n) is 9.39. The summed E-state index contributed by atoms with van der Waals surface area (Å²) in [6.45, 7) is 1.11. The van der Waals surface area contributed by atoms with E-state index in [0.717, 1.165) is 5.56 Å². The molecule has 3 nitrogen and oxygen atoms in total. The molecular formula is C12H17NO2S. The third kappa shape index (κ3) is 4.70. The van der Waals surface area contributed by atoms with Crippen molar-refractivity contribution in [1.82, 2.24) is 0 Å². The second kappa shape index (κ2) is 7.33. The number of hydrogen-bond acceptors (Lipinski definition) is 3. The van der Waals surface area contributed by atoms with E-state index in [1.54, 1.807) is 7.11 Å². The largest absolute Gasteiger partial charge is 0.393 e. The molecule has 0 bridgehead atoms. The molecule has 0 saturated heterocycles. The third-order valence-corrected chi connectivity index (χ3v) is 2.33. The molecule has 0 aliphatic heterocycles. The van der Waals surface area contributed by atoms with Crippen molar-refractivity contribution in [2.24, 2.45) is 5.73 Å². The van der Waals surface area contributed by atoms with Gasteiger partial charge in [-0.25, -0.2) is 0 Å². The molecule has 0 saturated carbocycles. The van der Waals surface area contributed by atoms with E-state index in [1.165, 1.54) is 0 Å². The minimum atomic E-state index is -0.0751. The van der Waals surface area contributed by atoms with Crippen LogP contribution in [0.3, 0.4) is 0 Å². The Hall–Kier alpha value is -0.970. The number of benzene rings is 1. The Labute approximate surface area is 102 Å². The first-order chi connectivity index (χ1) is 7.74. The van der Waals surface area contributed by atoms with Gasteiger partial charge in [0, 0.05) is 13.5 Å². The molecule has 0 amide bonds. The Kier molecular flexibility index (Phi) is 6.00. The lowest BCUT2D eigenvalue weighted by Crippen LogP contribution is -2.17. The summed E-state index contributed by atoms with van der Waals surface area (Å²) in [4.78, 5) is 0.464. The van der Waals surface area contributed by atoms with Gasteiger partial charge in [-0.3, -0.25) is 0 Å². The Morgan fingerprint density at radius 1 is 1.31 bits per heavy atom. The van der Waals surface area contributed by atoms with Crippen LogP contribution in [0.5, 0.6) is 0 Å². The van der Waals surface area contributed by atoms with E-state index in [2.05, 4.69) is 0 Å². The predicted octanol–water partition coefficient (Wildman–Crippen LogP) is 2.07. The van der Waals surface area contributed by atoms with Crippen LogP contribution in [0.2, 0.25) is 0 Å². The highest BCUT2D eigenvalue weighted by atomic mass is 32.1. The van der Waals surface area contributed by atoms with Crippen LogP contribution >= 0.6 is 12.2 Å². The molecule has 0 aliphatic rings. The van der Waals surface area contributed by atoms with Gasteiger partial charge in [-0.15, -0.1) is 0 Å². The fraction of sp³-hybridized carbons (Fsp3) is 0.417. The van der Waals surface area contributed by atoms with E-state index in [9.17, 15) is 0 Å². The van der Waals surface area contributed by atoms with Crippen LogP contribution in [-0.2, 0) is 9.47 Å². The van der Waals surface area contributed by atoms with Crippen LogP contribution in [0.25, 0.3) is 0 Å². The summed E-state index contributed by atoms with van der Waals surface area (Å²) in [6, 6.07) is 9.94. The highest BCUT2D eigenvalue weighted by Gasteiger charge is 2.12. The first-order valence-corrected chi connectivity index (χ1v) is 5.58. The second-order valence-electron chi connectivity index (χ2n) is 3.43. The molecule has 0 aliphatic carbocycles. The maximum Gasteiger partial charge on any atom is 0.0888 e. The Morgan fingerprint density at radius 2 is 2.00 bits per heavy atom. The van der Waals surface area contributed by atoms with Gasteiger partial charge >= 0.3 is 0 Å². The van der Waals surface area contributed by atoms with Gasteiger partial charge in [-0.2, -0.15) is 0 Å². The van der Waals surface area contributed by atoms with Crippen molar-refractivity contribution in [3.63, 3.8) is 0 Å². The highest BCUT2D eigenvalue weighted by molar-refractivity contribution is 7.80. The summed E-state index contributed by atoms with van der Waals surface area (Å²) in [7, 11) is 1.65. The molecule has 2 N–H and O–H groups in total. The zero-order valence-corrected chi connectivity index (χ0v) is 10.2. The van der Waals surface area contributed by atoms with Crippen LogP contribution in [0.4, 0.5) is 0 Å². The number of nitrogens with two attached hydrogens (primary N) is 1. The van der Waals surface area contributed by atoms with Crippen molar-refractivity contribution in [3.8, 4) is 0 Å². The monoisotopic (exact) mass is 239 g/mol. The van der Waals surface area contributed by atoms with Crippen LogP contribution in [0.1, 0.15) is 18.1 Å². The molecule has 1 unspecified atom stereocenters. The van der Waals surface area contributed by atoms with Crippen molar-refractivity contribution in [3.05, 3.63) is 35.9 Å². The first-order valence-electron chi connectivity index (χ1n) is 5.18. The van der Waals surface area contributed by atoms with Gasteiger partial charge in [0.25, 0.3) is 0 Å². The van der Waals surface area contributed by atoms with Gasteiger partial charge in [0.2, 0.25) is 0 Å². The summed E-state index contributed by atoms with van der Waals surface area (Å²) < 4.78 is 10.6. The lowest BCUT2D eigenvalue weighted by molar-refractivity contribution is 0.0200. The van der Waals surface area contributed by atoms with Gasteiger partial charge < -0.3 is 15.2 Å². The molecule has 1 aromatic carbocycles. The molecule has 1 rings (SSSR count). The van der Waals surface area contributed by atoms with Crippen molar-refractivity contribution in [1.29, 1.82) is 0 Å². The lowest BCUT2D eigenvalue weighted by Gasteiger charge is -2.17. The number of thiocarbonyl (C=S) groups is 1. The van der Waals surface area contributed by atoms with E-state index in [1.807, 2.05) is 30.3 Å². The predicted molar refractivity (Wildman–Crippen MR) is 68.4 cm³/mol. The van der Waals surface area contributed by atoms with Gasteiger partial charge in [0.15, 0.2) is 0 Å². The lowest BCUT2D eigenvalue weighted by atomic mass is 10.1. The van der Waals surface area contributed by atoms with E-state index in [-0.39, 0.29) is 6.10 Å². The molecular weight excluding hydrogens is 222 g/mol. The minimum absolute atomic E-state index is 0.0751. The molecule has 0 spiro atoms. The van der Waals surface area contributed by atoms with Gasteiger partial charge in [-0.05, 0) is 5.56 Å². The van der Waals surface area contributed by atoms with E-state index < -0.39 is 0 Å². The smallest absolute Gasteiger partial charge is 0.0888 e. The molecule has 0 heterocycles. The number of hydrogen-bond donors (Lipinski definition) is 1. The van der Waals surface area contributed by atoms with Gasteiger partial charge in [0.05, 0.1) is 24.3 Å². The average Bonchev–Trinajstić information content (AvgIpc) is 2.29. The standard InChI is InChI=1S/C12H17NO2S/c1-14-7-8-15-11(9-12(13)16)10-5-3-2-4-6-10/h2-6,11H,7-9H2,1H3,(H2,13,16). The zero-order chi connectivity index (χ0) is 11.8. The van der Waals surface area contributed by atoms with Crippen LogP contribution in [0.15, 0.2) is 30.3 Å². The van der Waals surface area contributed by atoms with Gasteiger partial charge in [-0.1, -0.05) is 42.5 Å². The van der Waals surface area contributed by atoms with E-state index in [4.69, 9.17) is 27.4 Å². The van der Waals surface area contributed by atoms with Crippen molar-refractivity contribution >= 4 is 17.2 Å². The van der Waals surface area contributed by atoms with E-state index >= 15 is 0 Å². The average molecular weight is 239 g/mol. The van der Waals surface area contributed by atoms with Gasteiger partial charge in [0.1, 0.15) is 0 Å². The fourth-order valence-electron chi connectivity index (χ4n) is 1.40. The van der Waals surface area contributed by atoms with Crippen LogP contribution < -0.4 is 5.73 Å². The summed E-state index contributed by atoms with van der Waals surface area (Å²) in [5.74, 6) is 0. The first kappa shape index (κ1) is 13.1. The topological polar surface area (TPSA) is 44.5 Å². The van der Waals surface area contributed by atoms with Crippen molar-refractivity contribution in [2.45, 2.75) is 12.5 Å². The molecule has 1 atom stereocenters. The summed E-state index contributed by atoms with van der Waals surface area (Å²) in [6.07, 6.45) is 0.483. The maximum absolute atomic E-state index is 5.69.